The Bertz CT molecular complexity index is 641. The van der Waals surface area contributed by atoms with Gasteiger partial charge in [0.1, 0.15) is 22.9 Å². The van der Waals surface area contributed by atoms with Crippen LogP contribution in [0.15, 0.2) is 29.4 Å². The zero-order valence-electron chi connectivity index (χ0n) is 9.09. The molecule has 0 bridgehead atoms. The topological polar surface area (TPSA) is 114 Å². The van der Waals surface area contributed by atoms with Gasteiger partial charge in [-0.25, -0.2) is 22.5 Å². The molecule has 4 N–H and O–H groups in total. The van der Waals surface area contributed by atoms with E-state index in [9.17, 15) is 12.8 Å². The molecule has 96 valence electrons. The number of anilines is 1. The van der Waals surface area contributed by atoms with E-state index in [2.05, 4.69) is 19.9 Å². The van der Waals surface area contributed by atoms with Crippen LogP contribution >= 0.6 is 0 Å². The van der Waals surface area contributed by atoms with Gasteiger partial charge in [0.05, 0.1) is 6.54 Å². The van der Waals surface area contributed by atoms with Crippen LogP contribution in [-0.4, -0.2) is 23.6 Å². The standard InChI is InChI=1S/C9H10FN5O2S/c10-7-2-1-6(11)3-8(7)18(16,17)14-4-9-12-5-13-15-9/h1-3,5,14H,4,11H2,(H,12,13,15). The van der Waals surface area contributed by atoms with Crippen LogP contribution in [0.2, 0.25) is 0 Å². The first kappa shape index (κ1) is 12.5. The second kappa shape index (κ2) is 4.70. The Morgan fingerprint density at radius 1 is 1.44 bits per heavy atom. The number of nitrogens with zero attached hydrogens (tertiary/aromatic N) is 2. The third-order valence-corrected chi connectivity index (χ3v) is 3.56. The van der Waals surface area contributed by atoms with Crippen LogP contribution in [0, 0.1) is 5.82 Å². The maximum Gasteiger partial charge on any atom is 0.243 e. The number of rotatable bonds is 4. The Morgan fingerprint density at radius 2 is 2.22 bits per heavy atom. The van der Waals surface area contributed by atoms with Gasteiger partial charge in [-0.2, -0.15) is 5.10 Å². The van der Waals surface area contributed by atoms with Gasteiger partial charge in [-0.3, -0.25) is 5.10 Å². The summed E-state index contributed by atoms with van der Waals surface area (Å²) in [5.74, 6) is -0.544. The summed E-state index contributed by atoms with van der Waals surface area (Å²) in [4.78, 5) is 3.24. The van der Waals surface area contributed by atoms with Crippen molar-refractivity contribution in [3.63, 3.8) is 0 Å². The van der Waals surface area contributed by atoms with Crippen molar-refractivity contribution < 1.29 is 12.8 Å². The monoisotopic (exact) mass is 271 g/mol. The molecule has 1 aromatic heterocycles. The molecule has 0 fully saturated rings. The van der Waals surface area contributed by atoms with E-state index in [-0.39, 0.29) is 12.2 Å². The predicted octanol–water partition coefficient (Wildman–Crippen LogP) is 0.00450. The largest absolute Gasteiger partial charge is 0.399 e. The minimum Gasteiger partial charge on any atom is -0.399 e. The van der Waals surface area contributed by atoms with Crippen LogP contribution < -0.4 is 10.5 Å². The highest BCUT2D eigenvalue weighted by Crippen LogP contribution is 2.17. The van der Waals surface area contributed by atoms with Crippen molar-refractivity contribution in [2.45, 2.75) is 11.4 Å². The first-order valence-electron chi connectivity index (χ1n) is 4.88. The molecule has 0 aliphatic carbocycles. The number of sulfonamides is 1. The number of H-pyrrole nitrogens is 1. The first-order valence-corrected chi connectivity index (χ1v) is 6.36. The smallest absolute Gasteiger partial charge is 0.243 e. The van der Waals surface area contributed by atoms with Gasteiger partial charge in [-0.15, -0.1) is 0 Å². The molecule has 0 radical (unpaired) electrons. The van der Waals surface area contributed by atoms with Crippen molar-refractivity contribution >= 4 is 15.7 Å². The Labute approximate surface area is 102 Å². The lowest BCUT2D eigenvalue weighted by atomic mass is 10.3. The zero-order valence-corrected chi connectivity index (χ0v) is 9.91. The fourth-order valence-electron chi connectivity index (χ4n) is 1.28. The number of nitrogens with two attached hydrogens (primary N) is 1. The number of nitrogens with one attached hydrogen (secondary N) is 2. The van der Waals surface area contributed by atoms with E-state index in [0.717, 1.165) is 12.1 Å². The first-order chi connectivity index (χ1) is 8.49. The van der Waals surface area contributed by atoms with Gasteiger partial charge in [-0.1, -0.05) is 0 Å². The van der Waals surface area contributed by atoms with Crippen LogP contribution in [0.4, 0.5) is 10.1 Å². The third kappa shape index (κ3) is 2.63. The van der Waals surface area contributed by atoms with Gasteiger partial charge in [0.2, 0.25) is 10.0 Å². The van der Waals surface area contributed by atoms with E-state index >= 15 is 0 Å². The molecule has 18 heavy (non-hydrogen) atoms. The van der Waals surface area contributed by atoms with Crippen LogP contribution in [0.1, 0.15) is 5.82 Å². The molecule has 0 amide bonds. The lowest BCUT2D eigenvalue weighted by Gasteiger charge is -2.07. The molecule has 0 atom stereocenters. The van der Waals surface area contributed by atoms with Crippen molar-refractivity contribution in [1.82, 2.24) is 19.9 Å². The minimum absolute atomic E-state index is 0.115. The van der Waals surface area contributed by atoms with Gasteiger partial charge >= 0.3 is 0 Å². The average Bonchev–Trinajstić information content (AvgIpc) is 2.83. The molecule has 9 heteroatoms. The van der Waals surface area contributed by atoms with Crippen molar-refractivity contribution in [3.05, 3.63) is 36.2 Å². The summed E-state index contributed by atoms with van der Waals surface area (Å²) in [6.45, 7) is -0.115. The summed E-state index contributed by atoms with van der Waals surface area (Å²) in [5, 5.41) is 6.04. The highest BCUT2D eigenvalue weighted by Gasteiger charge is 2.19. The summed E-state index contributed by atoms with van der Waals surface area (Å²) in [6.07, 6.45) is 1.24. The Hall–Kier alpha value is -2.00. The van der Waals surface area contributed by atoms with Crippen molar-refractivity contribution in [2.75, 3.05) is 5.73 Å². The van der Waals surface area contributed by atoms with Gasteiger partial charge in [0, 0.05) is 5.69 Å². The number of aromatic amines is 1. The molecule has 0 aliphatic rings. The van der Waals surface area contributed by atoms with Crippen LogP contribution in [0.25, 0.3) is 0 Å². The third-order valence-electron chi connectivity index (χ3n) is 2.14. The summed E-state index contributed by atoms with van der Waals surface area (Å²) < 4.78 is 39.3. The highest BCUT2D eigenvalue weighted by atomic mass is 32.2. The number of halogens is 1. The van der Waals surface area contributed by atoms with Gasteiger partial charge < -0.3 is 5.73 Å². The fraction of sp³-hybridized carbons (Fsp3) is 0.111. The molecule has 2 aromatic rings. The lowest BCUT2D eigenvalue weighted by molar-refractivity contribution is 0.555. The lowest BCUT2D eigenvalue weighted by Crippen LogP contribution is -2.24. The maximum atomic E-state index is 13.4. The number of nitrogen functional groups attached to an aromatic ring is 1. The number of aromatic nitrogens is 3. The van der Waals surface area contributed by atoms with E-state index in [4.69, 9.17) is 5.73 Å². The van der Waals surface area contributed by atoms with Crippen molar-refractivity contribution in [3.8, 4) is 0 Å². The average molecular weight is 271 g/mol. The van der Waals surface area contributed by atoms with E-state index < -0.39 is 20.7 Å². The molecule has 0 saturated heterocycles. The molecule has 0 saturated carbocycles. The Kier molecular flexibility index (Phi) is 3.26. The Balaban J connectivity index is 2.22. The quantitative estimate of drug-likeness (QED) is 0.677. The fourth-order valence-corrected chi connectivity index (χ4v) is 2.38. The highest BCUT2D eigenvalue weighted by molar-refractivity contribution is 7.89. The van der Waals surface area contributed by atoms with E-state index in [1.165, 1.54) is 12.4 Å². The zero-order chi connectivity index (χ0) is 13.2. The Morgan fingerprint density at radius 3 is 2.89 bits per heavy atom. The molecule has 2 rings (SSSR count). The number of hydrogen-bond donors (Lipinski definition) is 3. The number of hydrogen-bond acceptors (Lipinski definition) is 5. The minimum atomic E-state index is -3.98. The van der Waals surface area contributed by atoms with Crippen LogP contribution in [-0.2, 0) is 16.6 Å². The maximum absolute atomic E-state index is 13.4. The molecular formula is C9H10FN5O2S. The summed E-state index contributed by atoms with van der Waals surface area (Å²) >= 11 is 0. The molecule has 1 aromatic carbocycles. The second-order valence-corrected chi connectivity index (χ2v) is 5.18. The molecule has 7 nitrogen and oxygen atoms in total. The summed E-state index contributed by atoms with van der Waals surface area (Å²) in [7, 11) is -3.98. The predicted molar refractivity (Wildman–Crippen MR) is 61.2 cm³/mol. The van der Waals surface area contributed by atoms with Crippen LogP contribution in [0.5, 0.6) is 0 Å². The molecule has 0 unspecified atom stereocenters. The van der Waals surface area contributed by atoms with E-state index in [0.29, 0.717) is 5.82 Å². The van der Waals surface area contributed by atoms with Crippen LogP contribution in [0.3, 0.4) is 0 Å². The van der Waals surface area contributed by atoms with Gasteiger partial charge in [0.15, 0.2) is 0 Å². The van der Waals surface area contributed by atoms with Gasteiger partial charge in [0.25, 0.3) is 0 Å². The molecule has 1 heterocycles. The van der Waals surface area contributed by atoms with E-state index in [1.807, 2.05) is 0 Å². The molecule has 0 aliphatic heterocycles. The summed E-state index contributed by atoms with van der Waals surface area (Å²) in [5.41, 5.74) is 5.59. The van der Waals surface area contributed by atoms with Gasteiger partial charge in [-0.05, 0) is 18.2 Å². The number of benzene rings is 1. The second-order valence-electron chi connectivity index (χ2n) is 3.45. The van der Waals surface area contributed by atoms with Crippen molar-refractivity contribution in [1.29, 1.82) is 0 Å². The SMILES string of the molecule is Nc1ccc(F)c(S(=O)(=O)NCc2ncn[nH]2)c1. The van der Waals surface area contributed by atoms with Crippen molar-refractivity contribution in [2.24, 2.45) is 0 Å². The van der Waals surface area contributed by atoms with E-state index in [1.54, 1.807) is 0 Å². The molecular weight excluding hydrogens is 261 g/mol. The normalized spacial score (nSPS) is 11.6. The molecule has 0 spiro atoms. The summed E-state index contributed by atoms with van der Waals surface area (Å²) in [6, 6.07) is 3.33.